The van der Waals surface area contributed by atoms with E-state index in [0.29, 0.717) is 28.8 Å². The monoisotopic (exact) mass is 355 g/mol. The van der Waals surface area contributed by atoms with E-state index in [4.69, 9.17) is 4.42 Å². The summed E-state index contributed by atoms with van der Waals surface area (Å²) in [6, 6.07) is 0. The number of nitrogens with zero attached hydrogens (tertiary/aromatic N) is 1. The van der Waals surface area contributed by atoms with Crippen molar-refractivity contribution < 1.29 is 22.4 Å². The minimum absolute atomic E-state index is 0.0744. The molecule has 0 unspecified atom stereocenters. The molecule has 114 valence electrons. The number of halogens is 4. The van der Waals surface area contributed by atoms with Gasteiger partial charge in [0.15, 0.2) is 0 Å². The normalized spacial score (nSPS) is 11.8. The third kappa shape index (κ3) is 4.26. The molecule has 7 heteroatoms. The molecule has 0 aliphatic carbocycles. The number of hydrogen-bond donors (Lipinski definition) is 0. The standard InChI is InChI=1S/C13H17BrF3NO2/c1-4-5-6-18(7-13(15,16)17)12(19)10-8(2)20-9(3)11(10)14/h4-7H2,1-3H3. The molecule has 1 heterocycles. The van der Waals surface area contributed by atoms with Crippen molar-refractivity contribution >= 4 is 21.8 Å². The van der Waals surface area contributed by atoms with Gasteiger partial charge in [-0.25, -0.2) is 0 Å². The average Bonchev–Trinajstić information content (AvgIpc) is 2.56. The smallest absolute Gasteiger partial charge is 0.406 e. The van der Waals surface area contributed by atoms with Gasteiger partial charge in [0.05, 0.1) is 10.0 Å². The van der Waals surface area contributed by atoms with Crippen LogP contribution in [0.2, 0.25) is 0 Å². The Hall–Kier alpha value is -0.980. The minimum atomic E-state index is -4.41. The van der Waals surface area contributed by atoms with E-state index in [1.165, 1.54) is 0 Å². The predicted octanol–water partition coefficient (Wildman–Crippen LogP) is 4.46. The number of furan rings is 1. The molecule has 0 aliphatic heterocycles. The van der Waals surface area contributed by atoms with Crippen molar-refractivity contribution in [2.45, 2.75) is 39.8 Å². The van der Waals surface area contributed by atoms with E-state index in [2.05, 4.69) is 15.9 Å². The molecular formula is C13H17BrF3NO2. The van der Waals surface area contributed by atoms with Gasteiger partial charge in [-0.05, 0) is 36.2 Å². The topological polar surface area (TPSA) is 33.5 Å². The SMILES string of the molecule is CCCCN(CC(F)(F)F)C(=O)c1c(C)oc(C)c1Br. The number of carbonyl (C=O) groups excluding carboxylic acids is 1. The Bertz CT molecular complexity index is 483. The summed E-state index contributed by atoms with van der Waals surface area (Å²) in [6.07, 6.45) is -3.18. The summed E-state index contributed by atoms with van der Waals surface area (Å²) in [6.45, 7) is 3.90. The van der Waals surface area contributed by atoms with E-state index in [9.17, 15) is 18.0 Å². The second-order valence-electron chi connectivity index (χ2n) is 4.60. The van der Waals surface area contributed by atoms with Crippen molar-refractivity contribution in [3.8, 4) is 0 Å². The molecule has 1 aromatic rings. The number of aryl methyl sites for hydroxylation is 2. The molecule has 0 atom stereocenters. The van der Waals surface area contributed by atoms with Crippen molar-refractivity contribution in [2.75, 3.05) is 13.1 Å². The van der Waals surface area contributed by atoms with Crippen LogP contribution in [0.4, 0.5) is 13.2 Å². The Balaban J connectivity index is 3.03. The zero-order chi connectivity index (χ0) is 15.5. The summed E-state index contributed by atoms with van der Waals surface area (Å²) < 4.78 is 43.5. The van der Waals surface area contributed by atoms with Gasteiger partial charge in [0.2, 0.25) is 0 Å². The van der Waals surface area contributed by atoms with Crippen molar-refractivity contribution in [3.05, 3.63) is 21.6 Å². The molecule has 0 aromatic carbocycles. The van der Waals surface area contributed by atoms with Crippen LogP contribution in [0.15, 0.2) is 8.89 Å². The molecule has 0 saturated carbocycles. The second kappa shape index (κ2) is 6.65. The lowest BCUT2D eigenvalue weighted by Crippen LogP contribution is -2.39. The summed E-state index contributed by atoms with van der Waals surface area (Å²) in [5, 5.41) is 0. The van der Waals surface area contributed by atoms with Crippen LogP contribution in [0.25, 0.3) is 0 Å². The van der Waals surface area contributed by atoms with E-state index in [1.54, 1.807) is 13.8 Å². The van der Waals surface area contributed by atoms with Crippen LogP contribution in [-0.4, -0.2) is 30.1 Å². The lowest BCUT2D eigenvalue weighted by atomic mass is 10.2. The van der Waals surface area contributed by atoms with Gasteiger partial charge in [-0.2, -0.15) is 13.2 Å². The summed E-state index contributed by atoms with van der Waals surface area (Å²) in [5.74, 6) is 0.147. The molecule has 1 aromatic heterocycles. The molecular weight excluding hydrogens is 339 g/mol. The molecule has 1 amide bonds. The van der Waals surface area contributed by atoms with E-state index in [0.717, 1.165) is 4.90 Å². The minimum Gasteiger partial charge on any atom is -0.465 e. The van der Waals surface area contributed by atoms with E-state index in [1.807, 2.05) is 6.92 Å². The average molecular weight is 356 g/mol. The van der Waals surface area contributed by atoms with Gasteiger partial charge < -0.3 is 9.32 Å². The predicted molar refractivity (Wildman–Crippen MR) is 72.7 cm³/mol. The maximum atomic E-state index is 12.6. The maximum Gasteiger partial charge on any atom is 0.406 e. The summed E-state index contributed by atoms with van der Waals surface area (Å²) in [4.78, 5) is 13.1. The first-order chi connectivity index (χ1) is 9.17. The van der Waals surface area contributed by atoms with Gasteiger partial charge in [-0.3, -0.25) is 4.79 Å². The Kier molecular flexibility index (Phi) is 5.68. The number of hydrogen-bond acceptors (Lipinski definition) is 2. The molecule has 1 rings (SSSR count). The first kappa shape index (κ1) is 17.1. The molecule has 0 N–H and O–H groups in total. The van der Waals surface area contributed by atoms with Crippen LogP contribution >= 0.6 is 15.9 Å². The molecule has 0 saturated heterocycles. The van der Waals surface area contributed by atoms with Gasteiger partial charge in [-0.1, -0.05) is 13.3 Å². The largest absolute Gasteiger partial charge is 0.465 e. The Morgan fingerprint density at radius 2 is 1.90 bits per heavy atom. The van der Waals surface area contributed by atoms with Crippen molar-refractivity contribution in [1.29, 1.82) is 0 Å². The molecule has 0 fully saturated rings. The molecule has 0 spiro atoms. The fourth-order valence-corrected chi connectivity index (χ4v) is 2.41. The number of carbonyl (C=O) groups is 1. The van der Waals surface area contributed by atoms with Gasteiger partial charge >= 0.3 is 6.18 Å². The number of unbranched alkanes of at least 4 members (excludes halogenated alkanes) is 1. The first-order valence-electron chi connectivity index (χ1n) is 6.29. The van der Waals surface area contributed by atoms with Crippen molar-refractivity contribution in [1.82, 2.24) is 4.90 Å². The highest BCUT2D eigenvalue weighted by molar-refractivity contribution is 9.10. The number of rotatable bonds is 5. The van der Waals surface area contributed by atoms with Crippen LogP contribution in [0.5, 0.6) is 0 Å². The third-order valence-corrected chi connectivity index (χ3v) is 3.79. The first-order valence-corrected chi connectivity index (χ1v) is 7.08. The van der Waals surface area contributed by atoms with Crippen LogP contribution < -0.4 is 0 Å². The van der Waals surface area contributed by atoms with E-state index in [-0.39, 0.29) is 12.1 Å². The van der Waals surface area contributed by atoms with E-state index >= 15 is 0 Å². The molecule has 0 radical (unpaired) electrons. The lowest BCUT2D eigenvalue weighted by Gasteiger charge is -2.23. The Morgan fingerprint density at radius 3 is 2.30 bits per heavy atom. The fourth-order valence-electron chi connectivity index (χ4n) is 1.88. The molecule has 0 aliphatic rings. The fraction of sp³-hybridized carbons (Fsp3) is 0.615. The van der Waals surface area contributed by atoms with Gasteiger partial charge in [0, 0.05) is 6.54 Å². The van der Waals surface area contributed by atoms with E-state index < -0.39 is 18.6 Å². The van der Waals surface area contributed by atoms with Gasteiger partial charge in [0.1, 0.15) is 18.1 Å². The maximum absolute atomic E-state index is 12.6. The van der Waals surface area contributed by atoms with Crippen LogP contribution in [0.3, 0.4) is 0 Å². The number of alkyl halides is 3. The van der Waals surface area contributed by atoms with Gasteiger partial charge in [0.25, 0.3) is 5.91 Å². The molecule has 20 heavy (non-hydrogen) atoms. The molecule has 3 nitrogen and oxygen atoms in total. The highest BCUT2D eigenvalue weighted by Crippen LogP contribution is 2.29. The summed E-state index contributed by atoms with van der Waals surface area (Å²) in [5.41, 5.74) is 0.169. The quantitative estimate of drug-likeness (QED) is 0.780. The zero-order valence-corrected chi connectivity index (χ0v) is 13.2. The third-order valence-electron chi connectivity index (χ3n) is 2.84. The van der Waals surface area contributed by atoms with Crippen LogP contribution in [0.1, 0.15) is 41.6 Å². The number of amides is 1. The van der Waals surface area contributed by atoms with Crippen molar-refractivity contribution in [2.24, 2.45) is 0 Å². The van der Waals surface area contributed by atoms with Crippen LogP contribution in [0, 0.1) is 13.8 Å². The molecule has 0 bridgehead atoms. The summed E-state index contributed by atoms with van der Waals surface area (Å²) in [7, 11) is 0. The Morgan fingerprint density at radius 1 is 1.30 bits per heavy atom. The second-order valence-corrected chi connectivity index (χ2v) is 5.39. The zero-order valence-electron chi connectivity index (χ0n) is 11.6. The Labute approximate surface area is 124 Å². The highest BCUT2D eigenvalue weighted by Gasteiger charge is 2.34. The highest BCUT2D eigenvalue weighted by atomic mass is 79.9. The summed E-state index contributed by atoms with van der Waals surface area (Å²) >= 11 is 3.20. The van der Waals surface area contributed by atoms with Crippen molar-refractivity contribution in [3.63, 3.8) is 0 Å². The van der Waals surface area contributed by atoms with Gasteiger partial charge in [-0.15, -0.1) is 0 Å². The van der Waals surface area contributed by atoms with Crippen LogP contribution in [-0.2, 0) is 0 Å². The lowest BCUT2D eigenvalue weighted by molar-refractivity contribution is -0.140.